The average Bonchev–Trinajstić information content (AvgIpc) is 2.82. The van der Waals surface area contributed by atoms with Gasteiger partial charge in [0.15, 0.2) is 0 Å². The van der Waals surface area contributed by atoms with Crippen molar-refractivity contribution in [3.63, 3.8) is 0 Å². The minimum absolute atomic E-state index is 0.0225. The molecule has 0 fully saturated rings. The zero-order valence-electron chi connectivity index (χ0n) is 18.8. The maximum Gasteiger partial charge on any atom is 0.416 e. The fourth-order valence-corrected chi connectivity index (χ4v) is 3.77. The Hall–Kier alpha value is -3.52. The van der Waals surface area contributed by atoms with E-state index in [0.29, 0.717) is 16.7 Å². The van der Waals surface area contributed by atoms with Crippen LogP contribution in [0.1, 0.15) is 29.2 Å². The molecular weight excluding hydrogens is 483 g/mol. The predicted molar refractivity (Wildman–Crippen MR) is 126 cm³/mol. The topological polar surface area (TPSA) is 66.8 Å². The molecule has 0 aromatic heterocycles. The molecule has 0 saturated heterocycles. The fourth-order valence-electron chi connectivity index (χ4n) is 3.55. The monoisotopic (exact) mass is 505 g/mol. The first-order chi connectivity index (χ1) is 16.6. The molecule has 0 aliphatic heterocycles. The Morgan fingerprint density at radius 2 is 1.69 bits per heavy atom. The highest BCUT2D eigenvalue weighted by Gasteiger charge is 2.31. The first-order valence-corrected chi connectivity index (χ1v) is 11.1. The largest absolute Gasteiger partial charge is 0.481 e. The van der Waals surface area contributed by atoms with E-state index < -0.39 is 23.8 Å². The summed E-state index contributed by atoms with van der Waals surface area (Å²) < 4.78 is 45.8. The van der Waals surface area contributed by atoms with Gasteiger partial charge in [0.2, 0.25) is 0 Å². The number of nitrogens with zero attached hydrogens (tertiary/aromatic N) is 1. The molecule has 0 saturated carbocycles. The second kappa shape index (κ2) is 11.3. The molecule has 1 amide bonds. The van der Waals surface area contributed by atoms with E-state index in [9.17, 15) is 22.8 Å². The van der Waals surface area contributed by atoms with Gasteiger partial charge in [0.25, 0.3) is 0 Å². The molecule has 1 N–H and O–H groups in total. The van der Waals surface area contributed by atoms with E-state index in [0.717, 1.165) is 17.7 Å². The summed E-state index contributed by atoms with van der Waals surface area (Å²) in [6.07, 6.45) is -5.54. The summed E-state index contributed by atoms with van der Waals surface area (Å²) in [5.74, 6) is -1.05. The fraction of sp³-hybridized carbons (Fsp3) is 0.231. The summed E-state index contributed by atoms with van der Waals surface area (Å²) in [6.45, 7) is 1.74. The molecule has 0 heterocycles. The second-order valence-electron chi connectivity index (χ2n) is 7.81. The number of aliphatic carboxylic acids is 1. The molecule has 0 radical (unpaired) electrons. The Balaban J connectivity index is 1.96. The van der Waals surface area contributed by atoms with E-state index in [-0.39, 0.29) is 36.7 Å². The number of rotatable bonds is 8. The van der Waals surface area contributed by atoms with Gasteiger partial charge in [0.05, 0.1) is 12.0 Å². The molecule has 5 nitrogen and oxygen atoms in total. The van der Waals surface area contributed by atoms with Gasteiger partial charge in [-0.3, -0.25) is 4.79 Å². The molecule has 0 aliphatic carbocycles. The number of benzene rings is 3. The van der Waals surface area contributed by atoms with Gasteiger partial charge in [-0.15, -0.1) is 0 Å². The number of carboxylic acids is 1. The Kier molecular flexibility index (Phi) is 8.40. The number of hydrogen-bond acceptors (Lipinski definition) is 3. The van der Waals surface area contributed by atoms with Gasteiger partial charge in [0, 0.05) is 23.7 Å². The normalized spacial score (nSPS) is 11.2. The van der Waals surface area contributed by atoms with E-state index in [2.05, 4.69) is 0 Å². The van der Waals surface area contributed by atoms with E-state index in [1.807, 2.05) is 6.07 Å². The van der Waals surface area contributed by atoms with Crippen molar-refractivity contribution in [2.45, 2.75) is 32.7 Å². The lowest BCUT2D eigenvalue weighted by Gasteiger charge is -2.23. The minimum Gasteiger partial charge on any atom is -0.481 e. The van der Waals surface area contributed by atoms with Gasteiger partial charge in [-0.2, -0.15) is 13.2 Å². The van der Waals surface area contributed by atoms with Crippen LogP contribution in [0, 0.1) is 0 Å². The highest BCUT2D eigenvalue weighted by atomic mass is 35.5. The highest BCUT2D eigenvalue weighted by molar-refractivity contribution is 6.33. The van der Waals surface area contributed by atoms with Gasteiger partial charge in [-0.25, -0.2) is 4.79 Å². The summed E-state index contributed by atoms with van der Waals surface area (Å²) in [5, 5.41) is 9.35. The van der Waals surface area contributed by atoms with Crippen LogP contribution in [0.5, 0.6) is 0 Å². The number of hydrogen-bond donors (Lipinski definition) is 1. The van der Waals surface area contributed by atoms with Crippen LogP contribution in [-0.2, 0) is 35.3 Å². The SMILES string of the molecule is CCN(Cc1cc(C(F)(F)F)ccc1-c1cc(CC(=O)O)ccc1Cl)C(=O)OCc1ccccc1. The number of alkyl halides is 3. The maximum absolute atomic E-state index is 13.5. The quantitative estimate of drug-likeness (QED) is 0.365. The lowest BCUT2D eigenvalue weighted by atomic mass is 9.95. The number of carbonyl (C=O) groups excluding carboxylic acids is 1. The van der Waals surface area contributed by atoms with Gasteiger partial charge in [0.1, 0.15) is 6.61 Å². The number of halogens is 4. The molecule has 3 aromatic carbocycles. The highest BCUT2D eigenvalue weighted by Crippen LogP contribution is 2.37. The third kappa shape index (κ3) is 6.99. The molecule has 9 heteroatoms. The number of amides is 1. The zero-order valence-corrected chi connectivity index (χ0v) is 19.6. The van der Waals surface area contributed by atoms with E-state index >= 15 is 0 Å². The van der Waals surface area contributed by atoms with Crippen LogP contribution in [0.25, 0.3) is 11.1 Å². The molecule has 184 valence electrons. The van der Waals surface area contributed by atoms with Crippen molar-refractivity contribution in [2.24, 2.45) is 0 Å². The van der Waals surface area contributed by atoms with Crippen molar-refractivity contribution in [2.75, 3.05) is 6.54 Å². The van der Waals surface area contributed by atoms with Crippen LogP contribution in [0.2, 0.25) is 5.02 Å². The third-order valence-corrected chi connectivity index (χ3v) is 5.64. The van der Waals surface area contributed by atoms with Gasteiger partial charge in [-0.05, 0) is 53.4 Å². The molecule has 3 aromatic rings. The molecular formula is C26H23ClF3NO4. The van der Waals surface area contributed by atoms with Crippen LogP contribution in [0.3, 0.4) is 0 Å². The van der Waals surface area contributed by atoms with Crippen molar-refractivity contribution in [3.05, 3.63) is 94.0 Å². The smallest absolute Gasteiger partial charge is 0.416 e. The lowest BCUT2D eigenvalue weighted by molar-refractivity contribution is -0.138. The van der Waals surface area contributed by atoms with Crippen LogP contribution in [-0.4, -0.2) is 28.6 Å². The minimum atomic E-state index is -4.59. The predicted octanol–water partition coefficient (Wildman–Crippen LogP) is 6.81. The van der Waals surface area contributed by atoms with Crippen LogP contribution in [0.15, 0.2) is 66.7 Å². The van der Waals surface area contributed by atoms with Gasteiger partial charge >= 0.3 is 18.2 Å². The summed E-state index contributed by atoms with van der Waals surface area (Å²) in [4.78, 5) is 25.1. The molecule has 0 unspecified atom stereocenters. The van der Waals surface area contributed by atoms with Crippen LogP contribution >= 0.6 is 11.6 Å². The van der Waals surface area contributed by atoms with E-state index in [1.54, 1.807) is 37.3 Å². The number of carboxylic acid groups (broad SMARTS) is 1. The van der Waals surface area contributed by atoms with Crippen molar-refractivity contribution < 1.29 is 32.6 Å². The van der Waals surface area contributed by atoms with Crippen LogP contribution < -0.4 is 0 Å². The van der Waals surface area contributed by atoms with Crippen LogP contribution in [0.4, 0.5) is 18.0 Å². The maximum atomic E-state index is 13.5. The van der Waals surface area contributed by atoms with Gasteiger partial charge < -0.3 is 14.7 Å². The molecule has 0 aliphatic rings. The third-order valence-electron chi connectivity index (χ3n) is 5.32. The number of carbonyl (C=O) groups is 2. The van der Waals surface area contributed by atoms with Crippen molar-refractivity contribution in [3.8, 4) is 11.1 Å². The summed E-state index contributed by atoms with van der Waals surface area (Å²) >= 11 is 6.34. The Labute approximate surface area is 205 Å². The second-order valence-corrected chi connectivity index (χ2v) is 8.22. The molecule has 0 bridgehead atoms. The summed E-state index contributed by atoms with van der Waals surface area (Å²) in [5.41, 5.74) is 1.29. The summed E-state index contributed by atoms with van der Waals surface area (Å²) in [7, 11) is 0. The van der Waals surface area contributed by atoms with E-state index in [1.165, 1.54) is 23.1 Å². The first-order valence-electron chi connectivity index (χ1n) is 10.7. The standard InChI is InChI=1S/C26H23ClF3NO4/c1-2-31(25(34)35-16-17-6-4-3-5-7-17)15-19-14-20(26(28,29)30)9-10-21(19)22-12-18(13-24(32)33)8-11-23(22)27/h3-12,14H,2,13,15-16H2,1H3,(H,32,33). The Morgan fingerprint density at radius 3 is 2.31 bits per heavy atom. The van der Waals surface area contributed by atoms with Crippen molar-refractivity contribution in [1.82, 2.24) is 4.90 Å². The number of ether oxygens (including phenoxy) is 1. The molecule has 35 heavy (non-hydrogen) atoms. The van der Waals surface area contributed by atoms with Crippen molar-refractivity contribution in [1.29, 1.82) is 0 Å². The summed E-state index contributed by atoms with van der Waals surface area (Å²) in [6, 6.07) is 16.8. The Morgan fingerprint density at radius 1 is 0.971 bits per heavy atom. The van der Waals surface area contributed by atoms with Crippen molar-refractivity contribution >= 4 is 23.7 Å². The van der Waals surface area contributed by atoms with E-state index in [4.69, 9.17) is 21.4 Å². The molecule has 0 atom stereocenters. The Bertz CT molecular complexity index is 1200. The zero-order chi connectivity index (χ0) is 25.6. The average molecular weight is 506 g/mol. The molecule has 3 rings (SSSR count). The lowest BCUT2D eigenvalue weighted by Crippen LogP contribution is -2.31. The van der Waals surface area contributed by atoms with Gasteiger partial charge in [-0.1, -0.05) is 54.1 Å². The molecule has 0 spiro atoms. The first kappa shape index (κ1) is 26.1.